The SMILES string of the molecule is COc1ccc(C(=O)n2nc(-c3ccccn3)nc2N)cc1. The Labute approximate surface area is 126 Å². The van der Waals surface area contributed by atoms with E-state index in [9.17, 15) is 4.79 Å². The number of rotatable bonds is 3. The molecule has 0 aliphatic heterocycles. The Kier molecular flexibility index (Phi) is 3.53. The molecule has 7 heteroatoms. The van der Waals surface area contributed by atoms with Gasteiger partial charge in [-0.1, -0.05) is 6.07 Å². The summed E-state index contributed by atoms with van der Waals surface area (Å²) in [6.45, 7) is 0. The zero-order valence-corrected chi connectivity index (χ0v) is 11.8. The van der Waals surface area contributed by atoms with Crippen LogP contribution in [0.4, 0.5) is 5.95 Å². The van der Waals surface area contributed by atoms with Gasteiger partial charge < -0.3 is 10.5 Å². The number of carbonyl (C=O) groups excluding carboxylic acids is 1. The van der Waals surface area contributed by atoms with Gasteiger partial charge in [0.2, 0.25) is 11.8 Å². The second-order valence-corrected chi connectivity index (χ2v) is 4.45. The maximum absolute atomic E-state index is 12.4. The molecule has 7 nitrogen and oxygen atoms in total. The zero-order chi connectivity index (χ0) is 15.5. The molecule has 0 unspecified atom stereocenters. The Morgan fingerprint density at radius 3 is 2.59 bits per heavy atom. The summed E-state index contributed by atoms with van der Waals surface area (Å²) in [4.78, 5) is 20.6. The van der Waals surface area contributed by atoms with Crippen molar-refractivity contribution in [2.75, 3.05) is 12.8 Å². The van der Waals surface area contributed by atoms with Gasteiger partial charge in [0.15, 0.2) is 0 Å². The van der Waals surface area contributed by atoms with Gasteiger partial charge in [0, 0.05) is 11.8 Å². The van der Waals surface area contributed by atoms with Gasteiger partial charge in [-0.3, -0.25) is 9.78 Å². The van der Waals surface area contributed by atoms with E-state index < -0.39 is 0 Å². The number of nitrogens with two attached hydrogens (primary N) is 1. The van der Waals surface area contributed by atoms with Crippen molar-refractivity contribution in [3.63, 3.8) is 0 Å². The lowest BCUT2D eigenvalue weighted by Crippen LogP contribution is -2.16. The number of carbonyl (C=O) groups is 1. The molecule has 0 atom stereocenters. The van der Waals surface area contributed by atoms with E-state index in [0.29, 0.717) is 22.8 Å². The average molecular weight is 295 g/mol. The largest absolute Gasteiger partial charge is 0.497 e. The first-order valence-corrected chi connectivity index (χ1v) is 6.52. The third-order valence-corrected chi connectivity index (χ3v) is 3.06. The molecule has 22 heavy (non-hydrogen) atoms. The fourth-order valence-corrected chi connectivity index (χ4v) is 1.93. The van der Waals surface area contributed by atoms with Crippen LogP contribution in [0.2, 0.25) is 0 Å². The van der Waals surface area contributed by atoms with E-state index in [0.717, 1.165) is 4.68 Å². The molecule has 0 saturated carbocycles. The maximum atomic E-state index is 12.4. The Hall–Kier alpha value is -3.22. The van der Waals surface area contributed by atoms with E-state index in [1.807, 2.05) is 6.07 Å². The second-order valence-electron chi connectivity index (χ2n) is 4.45. The number of methoxy groups -OCH3 is 1. The predicted molar refractivity (Wildman–Crippen MR) is 80.4 cm³/mol. The standard InChI is InChI=1S/C15H13N5O2/c1-22-11-7-5-10(6-8-11)14(21)20-15(16)18-13(19-20)12-4-2-3-9-17-12/h2-9H,1H3,(H2,16,18,19). The number of nitrogen functional groups attached to an aromatic ring is 1. The summed E-state index contributed by atoms with van der Waals surface area (Å²) in [6, 6.07) is 12.0. The number of aromatic nitrogens is 4. The smallest absolute Gasteiger partial charge is 0.281 e. The maximum Gasteiger partial charge on any atom is 0.281 e. The molecular weight excluding hydrogens is 282 g/mol. The summed E-state index contributed by atoms with van der Waals surface area (Å²) in [7, 11) is 1.56. The van der Waals surface area contributed by atoms with E-state index >= 15 is 0 Å². The third-order valence-electron chi connectivity index (χ3n) is 3.06. The number of benzene rings is 1. The lowest BCUT2D eigenvalue weighted by molar-refractivity contribution is 0.0948. The predicted octanol–water partition coefficient (Wildman–Crippen LogP) is 1.62. The molecule has 3 aromatic rings. The number of pyridine rings is 1. The van der Waals surface area contributed by atoms with Crippen LogP contribution < -0.4 is 10.5 Å². The minimum atomic E-state index is -0.366. The summed E-state index contributed by atoms with van der Waals surface area (Å²) in [5, 5.41) is 4.14. The van der Waals surface area contributed by atoms with Gasteiger partial charge in [0.05, 0.1) is 7.11 Å². The number of anilines is 1. The first-order valence-electron chi connectivity index (χ1n) is 6.52. The highest BCUT2D eigenvalue weighted by Crippen LogP contribution is 2.16. The van der Waals surface area contributed by atoms with Crippen molar-refractivity contribution < 1.29 is 9.53 Å². The molecule has 1 aromatic carbocycles. The minimum Gasteiger partial charge on any atom is -0.497 e. The average Bonchev–Trinajstić information content (AvgIpc) is 2.97. The summed E-state index contributed by atoms with van der Waals surface area (Å²) < 4.78 is 6.12. The molecule has 0 spiro atoms. The van der Waals surface area contributed by atoms with Crippen LogP contribution in [-0.4, -0.2) is 32.8 Å². The normalized spacial score (nSPS) is 10.4. The molecule has 2 aromatic heterocycles. The second kappa shape index (κ2) is 5.65. The van der Waals surface area contributed by atoms with Gasteiger partial charge in [0.25, 0.3) is 5.91 Å². The quantitative estimate of drug-likeness (QED) is 0.788. The summed E-state index contributed by atoms with van der Waals surface area (Å²) in [6.07, 6.45) is 1.62. The van der Waals surface area contributed by atoms with Gasteiger partial charge in [-0.25, -0.2) is 0 Å². The molecular formula is C15H13N5O2. The molecule has 3 rings (SSSR count). The van der Waals surface area contributed by atoms with Crippen LogP contribution in [0.1, 0.15) is 10.4 Å². The molecule has 0 bridgehead atoms. The van der Waals surface area contributed by atoms with Crippen LogP contribution in [0.5, 0.6) is 5.75 Å². The third kappa shape index (κ3) is 2.51. The van der Waals surface area contributed by atoms with Crippen molar-refractivity contribution in [3.8, 4) is 17.3 Å². The van der Waals surface area contributed by atoms with Crippen LogP contribution in [0.15, 0.2) is 48.7 Å². The summed E-state index contributed by atoms with van der Waals surface area (Å²) in [5.41, 5.74) is 6.78. The Balaban J connectivity index is 1.94. The molecule has 0 aliphatic carbocycles. The highest BCUT2D eigenvalue weighted by atomic mass is 16.5. The van der Waals surface area contributed by atoms with Gasteiger partial charge in [-0.2, -0.15) is 9.67 Å². The van der Waals surface area contributed by atoms with Crippen LogP contribution >= 0.6 is 0 Å². The number of hydrogen-bond donors (Lipinski definition) is 1. The summed E-state index contributed by atoms with van der Waals surface area (Å²) in [5.74, 6) is 0.619. The Morgan fingerprint density at radius 1 is 1.18 bits per heavy atom. The molecule has 0 radical (unpaired) electrons. The van der Waals surface area contributed by atoms with Crippen LogP contribution in [0.3, 0.4) is 0 Å². The Bertz CT molecular complexity index is 797. The van der Waals surface area contributed by atoms with Crippen molar-refractivity contribution in [3.05, 3.63) is 54.2 Å². The summed E-state index contributed by atoms with van der Waals surface area (Å²) >= 11 is 0. The molecule has 0 fully saturated rings. The van der Waals surface area contributed by atoms with Crippen molar-refractivity contribution in [1.29, 1.82) is 0 Å². The van der Waals surface area contributed by atoms with E-state index in [-0.39, 0.29) is 11.9 Å². The fraction of sp³-hybridized carbons (Fsp3) is 0.0667. The van der Waals surface area contributed by atoms with Gasteiger partial charge in [-0.15, -0.1) is 5.10 Å². The van der Waals surface area contributed by atoms with Crippen molar-refractivity contribution in [1.82, 2.24) is 19.7 Å². The monoisotopic (exact) mass is 295 g/mol. The highest BCUT2D eigenvalue weighted by Gasteiger charge is 2.17. The first kappa shape index (κ1) is 13.7. The Morgan fingerprint density at radius 2 is 1.95 bits per heavy atom. The van der Waals surface area contributed by atoms with Crippen LogP contribution in [0, 0.1) is 0 Å². The van der Waals surface area contributed by atoms with Crippen molar-refractivity contribution in [2.45, 2.75) is 0 Å². The van der Waals surface area contributed by atoms with E-state index in [1.54, 1.807) is 49.7 Å². The highest BCUT2D eigenvalue weighted by molar-refractivity contribution is 5.97. The van der Waals surface area contributed by atoms with Gasteiger partial charge >= 0.3 is 0 Å². The minimum absolute atomic E-state index is 0.0153. The lowest BCUT2D eigenvalue weighted by Gasteiger charge is -2.03. The number of hydrogen-bond acceptors (Lipinski definition) is 6. The molecule has 2 heterocycles. The molecule has 0 aliphatic rings. The molecule has 0 saturated heterocycles. The van der Waals surface area contributed by atoms with Gasteiger partial charge in [-0.05, 0) is 36.4 Å². The molecule has 2 N–H and O–H groups in total. The van der Waals surface area contributed by atoms with Crippen LogP contribution in [0.25, 0.3) is 11.5 Å². The first-order chi connectivity index (χ1) is 10.7. The molecule has 110 valence electrons. The molecule has 0 amide bonds. The zero-order valence-electron chi connectivity index (χ0n) is 11.8. The van der Waals surface area contributed by atoms with Crippen molar-refractivity contribution >= 4 is 11.9 Å². The van der Waals surface area contributed by atoms with E-state index in [2.05, 4.69) is 15.1 Å². The topological polar surface area (TPSA) is 95.9 Å². The lowest BCUT2D eigenvalue weighted by atomic mass is 10.2. The van der Waals surface area contributed by atoms with E-state index in [1.165, 1.54) is 0 Å². The van der Waals surface area contributed by atoms with Crippen molar-refractivity contribution in [2.24, 2.45) is 0 Å². The van der Waals surface area contributed by atoms with E-state index in [4.69, 9.17) is 10.5 Å². The fourth-order valence-electron chi connectivity index (χ4n) is 1.93. The van der Waals surface area contributed by atoms with Gasteiger partial charge in [0.1, 0.15) is 11.4 Å². The number of ether oxygens (including phenoxy) is 1. The number of nitrogens with zero attached hydrogens (tertiary/aromatic N) is 4. The van der Waals surface area contributed by atoms with Crippen LogP contribution in [-0.2, 0) is 0 Å².